The molecule has 9 rings (SSSR count). The third kappa shape index (κ3) is 3.26. The lowest BCUT2D eigenvalue weighted by atomic mass is 9.39. The highest BCUT2D eigenvalue weighted by atomic mass is 16.3. The van der Waals surface area contributed by atoms with Crippen molar-refractivity contribution in [1.29, 1.82) is 0 Å². The lowest BCUT2D eigenvalue weighted by Gasteiger charge is -2.32. The fourth-order valence-corrected chi connectivity index (χ4v) is 6.54. The van der Waals surface area contributed by atoms with Crippen LogP contribution in [0.4, 0.5) is 17.3 Å². The second-order valence-electron chi connectivity index (χ2n) is 10.6. The Kier molecular flexibility index (Phi) is 4.93. The van der Waals surface area contributed by atoms with Gasteiger partial charge < -0.3 is 8.98 Å². The minimum atomic E-state index is -0.159. The van der Waals surface area contributed by atoms with Gasteiger partial charge in [-0.15, -0.1) is 0 Å². The zero-order valence-electron chi connectivity index (χ0n) is 22.6. The zero-order chi connectivity index (χ0) is 27.6. The van der Waals surface area contributed by atoms with Gasteiger partial charge in [-0.2, -0.15) is 0 Å². The highest BCUT2D eigenvalue weighted by molar-refractivity contribution is 6.97. The number of aromatic nitrogens is 3. The molecule has 0 N–H and O–H groups in total. The first-order valence-corrected chi connectivity index (χ1v) is 14.1. The van der Waals surface area contributed by atoms with Gasteiger partial charge in [0.2, 0.25) is 5.95 Å². The van der Waals surface area contributed by atoms with E-state index in [2.05, 4.69) is 107 Å². The van der Waals surface area contributed by atoms with Crippen LogP contribution in [-0.2, 0) is 0 Å². The summed E-state index contributed by atoms with van der Waals surface area (Å²) >= 11 is 0. The van der Waals surface area contributed by atoms with Crippen molar-refractivity contribution in [3.8, 4) is 5.69 Å². The topological polar surface area (TPSA) is 47.1 Å². The smallest absolute Gasteiger partial charge is 0.313 e. The molecular formula is C36H23BN4O. The summed E-state index contributed by atoms with van der Waals surface area (Å²) in [7, 11) is 0. The van der Waals surface area contributed by atoms with Gasteiger partial charge in [-0.1, -0.05) is 103 Å². The van der Waals surface area contributed by atoms with Crippen LogP contribution in [0.3, 0.4) is 0 Å². The fraction of sp³-hybridized carbons (Fsp3) is 0. The maximum atomic E-state index is 6.83. The predicted molar refractivity (Wildman–Crippen MR) is 172 cm³/mol. The van der Waals surface area contributed by atoms with E-state index in [0.717, 1.165) is 66.6 Å². The molecule has 0 radical (unpaired) electrons. The van der Waals surface area contributed by atoms with E-state index in [-0.39, 0.29) is 6.71 Å². The molecule has 0 aliphatic carbocycles. The summed E-state index contributed by atoms with van der Waals surface area (Å²) < 4.78 is 9.21. The molecule has 0 fully saturated rings. The van der Waals surface area contributed by atoms with Gasteiger partial charge in [-0.3, -0.25) is 4.90 Å². The summed E-state index contributed by atoms with van der Waals surface area (Å²) in [5.41, 5.74) is 9.17. The monoisotopic (exact) mass is 538 g/mol. The van der Waals surface area contributed by atoms with Gasteiger partial charge in [0.15, 0.2) is 0 Å². The van der Waals surface area contributed by atoms with Crippen LogP contribution in [0.2, 0.25) is 0 Å². The Bertz CT molecular complexity index is 2270. The minimum absolute atomic E-state index is 0.159. The summed E-state index contributed by atoms with van der Waals surface area (Å²) in [6.45, 7) is -0.159. The average Bonchev–Trinajstić information content (AvgIpc) is 3.60. The van der Waals surface area contributed by atoms with Gasteiger partial charge in [-0.05, 0) is 36.4 Å². The number of anilines is 3. The second kappa shape index (κ2) is 8.95. The Morgan fingerprint density at radius 2 is 1.31 bits per heavy atom. The first kappa shape index (κ1) is 23.1. The van der Waals surface area contributed by atoms with E-state index in [1.807, 2.05) is 42.6 Å². The van der Waals surface area contributed by atoms with E-state index in [9.17, 15) is 0 Å². The lowest BCUT2D eigenvalue weighted by Crippen LogP contribution is -2.58. The quantitative estimate of drug-likeness (QED) is 0.237. The molecule has 3 aromatic heterocycles. The maximum Gasteiger partial charge on any atom is 0.313 e. The third-order valence-corrected chi connectivity index (χ3v) is 8.29. The first-order valence-electron chi connectivity index (χ1n) is 14.1. The van der Waals surface area contributed by atoms with E-state index in [1.165, 1.54) is 0 Å². The molecule has 0 atom stereocenters. The van der Waals surface area contributed by atoms with Crippen LogP contribution in [0.25, 0.3) is 38.5 Å². The Labute approximate surface area is 242 Å². The molecule has 0 amide bonds. The molecule has 6 heteroatoms. The largest absolute Gasteiger partial charge is 0.468 e. The van der Waals surface area contributed by atoms with Gasteiger partial charge in [0.25, 0.3) is 0 Å². The van der Waals surface area contributed by atoms with Gasteiger partial charge in [0.1, 0.15) is 11.2 Å². The van der Waals surface area contributed by atoms with E-state index in [4.69, 9.17) is 14.4 Å². The molecule has 196 valence electrons. The van der Waals surface area contributed by atoms with Gasteiger partial charge in [0.05, 0.1) is 22.4 Å². The average molecular weight is 538 g/mol. The SMILES string of the molecule is c1ccc(B2c3oc4ccccc4c3N(c3ncc4ccccc4n3)c3c2n(-c2ccccc2)c2ccccc32)cc1. The number of furan rings is 1. The molecule has 0 bridgehead atoms. The van der Waals surface area contributed by atoms with Gasteiger partial charge in [-0.25, -0.2) is 9.97 Å². The molecule has 42 heavy (non-hydrogen) atoms. The van der Waals surface area contributed by atoms with Crippen LogP contribution in [0.1, 0.15) is 0 Å². The van der Waals surface area contributed by atoms with Crippen molar-refractivity contribution >= 4 is 73.5 Å². The summed E-state index contributed by atoms with van der Waals surface area (Å²) in [4.78, 5) is 12.3. The van der Waals surface area contributed by atoms with Gasteiger partial charge >= 0.3 is 6.71 Å². The highest BCUT2D eigenvalue weighted by Gasteiger charge is 2.45. The second-order valence-corrected chi connectivity index (χ2v) is 10.6. The van der Waals surface area contributed by atoms with Crippen LogP contribution < -0.4 is 21.6 Å². The van der Waals surface area contributed by atoms with Crippen molar-refractivity contribution < 1.29 is 4.42 Å². The highest BCUT2D eigenvalue weighted by Crippen LogP contribution is 2.44. The molecule has 5 nitrogen and oxygen atoms in total. The number of hydrogen-bond acceptors (Lipinski definition) is 4. The van der Waals surface area contributed by atoms with E-state index in [0.29, 0.717) is 5.95 Å². The molecule has 0 unspecified atom stereocenters. The van der Waals surface area contributed by atoms with E-state index in [1.54, 1.807) is 0 Å². The lowest BCUT2D eigenvalue weighted by molar-refractivity contribution is 0.651. The summed E-state index contributed by atoms with van der Waals surface area (Å²) in [5.74, 6) is 0.616. The van der Waals surface area contributed by atoms with Crippen LogP contribution in [0, 0.1) is 0 Å². The summed E-state index contributed by atoms with van der Waals surface area (Å²) in [6.07, 6.45) is 1.92. The molecule has 1 aliphatic rings. The fourth-order valence-electron chi connectivity index (χ4n) is 6.54. The Balaban J connectivity index is 1.48. The van der Waals surface area contributed by atoms with Crippen LogP contribution in [-0.4, -0.2) is 21.2 Å². The molecule has 4 heterocycles. The van der Waals surface area contributed by atoms with Crippen molar-refractivity contribution in [2.45, 2.75) is 0 Å². The van der Waals surface area contributed by atoms with Crippen molar-refractivity contribution in [2.24, 2.45) is 0 Å². The Morgan fingerprint density at radius 3 is 2.17 bits per heavy atom. The van der Waals surface area contributed by atoms with Crippen LogP contribution >= 0.6 is 0 Å². The molecular weight excluding hydrogens is 515 g/mol. The molecule has 8 aromatic rings. The minimum Gasteiger partial charge on any atom is -0.468 e. The number of benzene rings is 5. The standard InChI is InChI=1S/C36H23BN4O/c1-3-14-25(15-4-1)37-34-32(27-18-8-11-21-30(27)40(34)26-16-5-2-6-17-26)41(33-28-19-9-12-22-31(28)42-35(33)37)36-38-23-24-13-7-10-20-29(24)39-36/h1-23H. The maximum absolute atomic E-state index is 6.83. The van der Waals surface area contributed by atoms with Crippen LogP contribution in [0.15, 0.2) is 144 Å². The van der Waals surface area contributed by atoms with Crippen LogP contribution in [0.5, 0.6) is 0 Å². The molecule has 0 spiro atoms. The zero-order valence-corrected chi connectivity index (χ0v) is 22.6. The Morgan fingerprint density at radius 1 is 0.619 bits per heavy atom. The van der Waals surface area contributed by atoms with E-state index < -0.39 is 0 Å². The number of rotatable bonds is 3. The third-order valence-electron chi connectivity index (χ3n) is 8.29. The van der Waals surface area contributed by atoms with Gasteiger partial charge in [0, 0.05) is 33.6 Å². The summed E-state index contributed by atoms with van der Waals surface area (Å²) in [6, 6.07) is 46.2. The number of hydrogen-bond donors (Lipinski definition) is 0. The first-order chi connectivity index (χ1) is 20.9. The predicted octanol–water partition coefficient (Wildman–Crippen LogP) is 6.62. The molecule has 5 aromatic carbocycles. The molecule has 1 aliphatic heterocycles. The molecule has 0 saturated heterocycles. The van der Waals surface area contributed by atoms with Crippen molar-refractivity contribution in [3.05, 3.63) is 140 Å². The van der Waals surface area contributed by atoms with Crippen molar-refractivity contribution in [1.82, 2.24) is 14.5 Å². The number of fused-ring (bicyclic) bond motifs is 7. The molecule has 0 saturated carbocycles. The van der Waals surface area contributed by atoms with E-state index >= 15 is 0 Å². The number of para-hydroxylation sites is 4. The summed E-state index contributed by atoms with van der Waals surface area (Å²) in [5, 5.41) is 3.17. The van der Waals surface area contributed by atoms with Crippen molar-refractivity contribution in [2.75, 3.05) is 4.90 Å². The Hall–Kier alpha value is -5.62. The van der Waals surface area contributed by atoms with Crippen molar-refractivity contribution in [3.63, 3.8) is 0 Å². The number of nitrogens with zero attached hydrogens (tertiary/aromatic N) is 4. The normalized spacial score (nSPS) is 12.7.